The Balaban J connectivity index is 1.71. The molecule has 0 spiro atoms. The second kappa shape index (κ2) is 8.38. The molecule has 1 aromatic rings. The van der Waals surface area contributed by atoms with E-state index in [1.807, 2.05) is 44.2 Å². The quantitative estimate of drug-likeness (QED) is 0.743. The smallest absolute Gasteiger partial charge is 0.184 e. The average Bonchev–Trinajstić information content (AvgIpc) is 2.62. The van der Waals surface area contributed by atoms with Gasteiger partial charge in [-0.15, -0.1) is 0 Å². The highest BCUT2D eigenvalue weighted by Crippen LogP contribution is 2.35. The van der Waals surface area contributed by atoms with Gasteiger partial charge in [0.1, 0.15) is 12.2 Å². The van der Waals surface area contributed by atoms with Crippen LogP contribution in [0, 0.1) is 0 Å². The van der Waals surface area contributed by atoms with Gasteiger partial charge < -0.3 is 28.4 Å². The zero-order valence-electron chi connectivity index (χ0n) is 14.4. The molecule has 0 amide bonds. The number of hydrogen-bond donors (Lipinski definition) is 0. The lowest BCUT2D eigenvalue weighted by Gasteiger charge is -2.45. The fourth-order valence-corrected chi connectivity index (χ4v) is 3.15. The Morgan fingerprint density at radius 3 is 2.71 bits per heavy atom. The van der Waals surface area contributed by atoms with E-state index in [1.165, 1.54) is 0 Å². The number of ether oxygens (including phenoxy) is 6. The van der Waals surface area contributed by atoms with Gasteiger partial charge in [0, 0.05) is 25.7 Å². The summed E-state index contributed by atoms with van der Waals surface area (Å²) in [5, 5.41) is 0. The first-order valence-electron chi connectivity index (χ1n) is 8.48. The third-order valence-corrected chi connectivity index (χ3v) is 4.28. The zero-order valence-corrected chi connectivity index (χ0v) is 14.4. The molecule has 2 heterocycles. The van der Waals surface area contributed by atoms with Gasteiger partial charge in [-0.05, 0) is 13.8 Å². The van der Waals surface area contributed by atoms with Gasteiger partial charge in [0.05, 0.1) is 12.7 Å². The number of hydrogen-bond acceptors (Lipinski definition) is 6. The molecule has 0 bridgehead atoms. The van der Waals surface area contributed by atoms with Crippen LogP contribution in [0.15, 0.2) is 30.3 Å². The van der Waals surface area contributed by atoms with Crippen molar-refractivity contribution in [3.8, 4) is 0 Å². The van der Waals surface area contributed by atoms with Gasteiger partial charge in [-0.25, -0.2) is 0 Å². The summed E-state index contributed by atoms with van der Waals surface area (Å²) in [4.78, 5) is 0. The predicted octanol–water partition coefficient (Wildman–Crippen LogP) is 2.63. The molecule has 134 valence electrons. The van der Waals surface area contributed by atoms with E-state index in [0.717, 1.165) is 5.56 Å². The summed E-state index contributed by atoms with van der Waals surface area (Å²) in [6.07, 6.45) is -1.07. The van der Waals surface area contributed by atoms with Crippen LogP contribution >= 0.6 is 0 Å². The van der Waals surface area contributed by atoms with Gasteiger partial charge >= 0.3 is 0 Å². The molecule has 6 nitrogen and oxygen atoms in total. The van der Waals surface area contributed by atoms with Crippen LogP contribution in [-0.4, -0.2) is 51.2 Å². The van der Waals surface area contributed by atoms with Crippen molar-refractivity contribution in [1.29, 1.82) is 0 Å². The molecule has 2 fully saturated rings. The summed E-state index contributed by atoms with van der Waals surface area (Å²) in [5.41, 5.74) is 0.987. The maximum absolute atomic E-state index is 6.18. The number of methoxy groups -OCH3 is 1. The van der Waals surface area contributed by atoms with Crippen molar-refractivity contribution in [2.45, 2.75) is 57.5 Å². The second-order valence-corrected chi connectivity index (χ2v) is 5.95. The highest BCUT2D eigenvalue weighted by molar-refractivity contribution is 5.16. The summed E-state index contributed by atoms with van der Waals surface area (Å²) in [6.45, 7) is 4.88. The van der Waals surface area contributed by atoms with Crippen molar-refractivity contribution >= 4 is 0 Å². The Morgan fingerprint density at radius 1 is 1.21 bits per heavy atom. The Kier molecular flexibility index (Phi) is 6.21. The van der Waals surface area contributed by atoms with Crippen LogP contribution in [0.5, 0.6) is 0 Å². The lowest BCUT2D eigenvalue weighted by molar-refractivity contribution is -0.349. The molecule has 6 atom stereocenters. The molecule has 2 saturated heterocycles. The zero-order chi connectivity index (χ0) is 16.9. The molecule has 0 radical (unpaired) electrons. The highest BCUT2D eigenvalue weighted by Gasteiger charge is 2.45. The molecule has 2 aliphatic rings. The number of fused-ring (bicyclic) bond motifs is 1. The molecule has 6 heteroatoms. The first-order chi connectivity index (χ1) is 11.7. The van der Waals surface area contributed by atoms with E-state index < -0.39 is 6.29 Å². The third kappa shape index (κ3) is 4.14. The molecule has 1 aromatic carbocycles. The lowest BCUT2D eigenvalue weighted by atomic mass is 10.00. The van der Waals surface area contributed by atoms with E-state index in [0.29, 0.717) is 19.6 Å². The minimum atomic E-state index is -0.413. The fourth-order valence-electron chi connectivity index (χ4n) is 3.15. The van der Waals surface area contributed by atoms with Crippen molar-refractivity contribution in [2.75, 3.05) is 20.3 Å². The third-order valence-electron chi connectivity index (χ3n) is 4.28. The van der Waals surface area contributed by atoms with Crippen LogP contribution in [0.2, 0.25) is 0 Å². The first-order valence-corrected chi connectivity index (χ1v) is 8.48. The topological polar surface area (TPSA) is 55.4 Å². The monoisotopic (exact) mass is 338 g/mol. The van der Waals surface area contributed by atoms with E-state index in [4.69, 9.17) is 28.4 Å². The van der Waals surface area contributed by atoms with Crippen molar-refractivity contribution < 1.29 is 28.4 Å². The molecule has 2 unspecified atom stereocenters. The van der Waals surface area contributed by atoms with E-state index in [9.17, 15) is 0 Å². The molecule has 24 heavy (non-hydrogen) atoms. The molecule has 0 saturated carbocycles. The molecular weight excluding hydrogens is 312 g/mol. The molecule has 3 rings (SSSR count). The van der Waals surface area contributed by atoms with Crippen LogP contribution in [0.4, 0.5) is 0 Å². The van der Waals surface area contributed by atoms with Gasteiger partial charge in [-0.2, -0.15) is 0 Å². The molecule has 0 N–H and O–H groups in total. The van der Waals surface area contributed by atoms with Gasteiger partial charge in [0.15, 0.2) is 18.9 Å². The first kappa shape index (κ1) is 17.8. The molecular formula is C18H26O6. The minimum Gasteiger partial charge on any atom is -0.356 e. The predicted molar refractivity (Wildman–Crippen MR) is 86.3 cm³/mol. The molecule has 0 aromatic heterocycles. The Labute approximate surface area is 142 Å². The highest BCUT2D eigenvalue weighted by atomic mass is 16.8. The summed E-state index contributed by atoms with van der Waals surface area (Å²) >= 11 is 0. The van der Waals surface area contributed by atoms with Crippen molar-refractivity contribution in [2.24, 2.45) is 0 Å². The van der Waals surface area contributed by atoms with Crippen LogP contribution < -0.4 is 0 Å². The fraction of sp³-hybridized carbons (Fsp3) is 0.667. The maximum Gasteiger partial charge on any atom is 0.184 e. The van der Waals surface area contributed by atoms with Crippen LogP contribution in [0.25, 0.3) is 0 Å². The van der Waals surface area contributed by atoms with Gasteiger partial charge in [-0.3, -0.25) is 0 Å². The Bertz CT molecular complexity index is 496. The summed E-state index contributed by atoms with van der Waals surface area (Å²) in [7, 11) is 1.63. The van der Waals surface area contributed by atoms with Crippen molar-refractivity contribution in [1.82, 2.24) is 0 Å². The molecule has 0 aliphatic carbocycles. The summed E-state index contributed by atoms with van der Waals surface area (Å²) < 4.78 is 34.9. The van der Waals surface area contributed by atoms with E-state index in [-0.39, 0.29) is 30.9 Å². The van der Waals surface area contributed by atoms with Crippen LogP contribution in [-0.2, 0) is 28.4 Å². The Morgan fingerprint density at radius 2 is 2.00 bits per heavy atom. The van der Waals surface area contributed by atoms with E-state index >= 15 is 0 Å². The Hall–Kier alpha value is -1.02. The van der Waals surface area contributed by atoms with Crippen LogP contribution in [0.3, 0.4) is 0 Å². The molecule has 2 aliphatic heterocycles. The maximum atomic E-state index is 6.18. The standard InChI is InChI=1S/C18H26O6/c1-4-20-12(2)22-14-10-16(19-3)23-15-11-21-18(24-17(14)15)13-8-6-5-7-9-13/h5-9,12,14-18H,4,10-11H2,1-3H3/t12?,14-,15+,16-,17-,18?/m0/s1. The van der Waals surface area contributed by atoms with Crippen LogP contribution in [0.1, 0.15) is 32.1 Å². The summed E-state index contributed by atoms with van der Waals surface area (Å²) in [6, 6.07) is 9.89. The lowest BCUT2D eigenvalue weighted by Crippen LogP contribution is -2.56. The average molecular weight is 338 g/mol. The second-order valence-electron chi connectivity index (χ2n) is 5.95. The van der Waals surface area contributed by atoms with Gasteiger partial charge in [0.25, 0.3) is 0 Å². The van der Waals surface area contributed by atoms with E-state index in [2.05, 4.69) is 0 Å². The van der Waals surface area contributed by atoms with E-state index in [1.54, 1.807) is 7.11 Å². The number of rotatable bonds is 6. The normalized spacial score (nSPS) is 34.5. The number of benzene rings is 1. The summed E-state index contributed by atoms with van der Waals surface area (Å²) in [5.74, 6) is 0. The van der Waals surface area contributed by atoms with Crippen molar-refractivity contribution in [3.63, 3.8) is 0 Å². The van der Waals surface area contributed by atoms with Gasteiger partial charge in [0.2, 0.25) is 0 Å². The minimum absolute atomic E-state index is 0.176. The van der Waals surface area contributed by atoms with Gasteiger partial charge in [-0.1, -0.05) is 30.3 Å². The SMILES string of the molecule is CCOC(C)O[C@H]1C[C@@H](OC)O[C@@H]2COC(c3ccccc3)O[C@@H]12. The largest absolute Gasteiger partial charge is 0.356 e. The van der Waals surface area contributed by atoms with Crippen molar-refractivity contribution in [3.05, 3.63) is 35.9 Å².